The molecule has 2 heterocycles. The Morgan fingerprint density at radius 1 is 0.597 bits per heavy atom. The van der Waals surface area contributed by atoms with Gasteiger partial charge >= 0.3 is 11.9 Å². The summed E-state index contributed by atoms with van der Waals surface area (Å²) < 4.78 is 22.3. The number of benzene rings is 4. The molecule has 2 fully saturated rings. The Kier molecular flexibility index (Phi) is 15.1. The number of allylic oxidation sites excluding steroid dienone is 2. The molecule has 4 aromatic carbocycles. The van der Waals surface area contributed by atoms with Crippen molar-refractivity contribution in [1.82, 2.24) is 9.13 Å². The van der Waals surface area contributed by atoms with Crippen molar-refractivity contribution in [2.45, 2.75) is 132 Å². The molecule has 0 saturated heterocycles. The number of imidazole rings is 2. The van der Waals surface area contributed by atoms with Gasteiger partial charge in [-0.25, -0.2) is 27.9 Å². The highest BCUT2D eigenvalue weighted by molar-refractivity contribution is 5.85. The second kappa shape index (κ2) is 21.3. The lowest BCUT2D eigenvalue weighted by Gasteiger charge is -2.37. The summed E-state index contributed by atoms with van der Waals surface area (Å²) in [5.74, 6) is 3.95. The molecule has 0 radical (unpaired) electrons. The zero-order chi connectivity index (χ0) is 51.1. The quantitative estimate of drug-likeness (QED) is 0.0669. The summed E-state index contributed by atoms with van der Waals surface area (Å²) in [4.78, 5) is 34.5. The topological polar surface area (TPSA) is 76.7 Å². The number of fused-ring (bicyclic) bond motifs is 2. The molecule has 3 aliphatic carbocycles. The summed E-state index contributed by atoms with van der Waals surface area (Å²) in [7, 11) is 4.21. The number of hydrogen-bond donors (Lipinski definition) is 0. The molecule has 6 aromatic rings. The van der Waals surface area contributed by atoms with Gasteiger partial charge in [-0.1, -0.05) is 84.7 Å². The monoisotopic (exact) mass is 975 g/mol. The third-order valence-electron chi connectivity index (χ3n) is 17.0. The molecule has 72 heavy (non-hydrogen) atoms. The number of ether oxygens (including phenoxy) is 2. The summed E-state index contributed by atoms with van der Waals surface area (Å²) in [5.41, 5.74) is 9.50. The van der Waals surface area contributed by atoms with Crippen molar-refractivity contribution in [3.8, 4) is 22.8 Å². The van der Waals surface area contributed by atoms with Crippen molar-refractivity contribution >= 4 is 45.4 Å². The van der Waals surface area contributed by atoms with Crippen LogP contribution >= 0.6 is 0 Å². The van der Waals surface area contributed by atoms with Gasteiger partial charge < -0.3 is 19.3 Å². The van der Waals surface area contributed by atoms with E-state index in [1.165, 1.54) is 12.1 Å². The molecule has 0 aliphatic heterocycles. The fourth-order valence-corrected chi connectivity index (χ4v) is 12.9. The van der Waals surface area contributed by atoms with Gasteiger partial charge in [-0.3, -0.25) is 0 Å². The molecular formula is C62H82N6O4+2. The van der Waals surface area contributed by atoms with E-state index in [-0.39, 0.29) is 30.1 Å². The minimum Gasteiger partial charge on any atom is -0.459 e. The van der Waals surface area contributed by atoms with Gasteiger partial charge in [-0.05, 0) is 162 Å². The van der Waals surface area contributed by atoms with E-state index in [9.17, 15) is 4.79 Å². The molecule has 10 nitrogen and oxygen atoms in total. The zero-order valence-corrected chi connectivity index (χ0v) is 45.3. The lowest BCUT2D eigenvalue weighted by Crippen LogP contribution is -2.39. The third-order valence-corrected chi connectivity index (χ3v) is 17.0. The predicted molar refractivity (Wildman–Crippen MR) is 291 cm³/mol. The van der Waals surface area contributed by atoms with Crippen molar-refractivity contribution in [1.29, 1.82) is 0 Å². The van der Waals surface area contributed by atoms with E-state index >= 15 is 4.79 Å². The van der Waals surface area contributed by atoms with E-state index in [1.807, 2.05) is 13.0 Å². The fourth-order valence-electron chi connectivity index (χ4n) is 12.9. The van der Waals surface area contributed by atoms with E-state index in [4.69, 9.17) is 9.47 Å². The van der Waals surface area contributed by atoms with Crippen LogP contribution in [0.3, 0.4) is 0 Å². The fraction of sp³-hybridized carbons (Fsp3) is 0.516. The minimum atomic E-state index is -0.634. The second-order valence-corrected chi connectivity index (χ2v) is 22.3. The smallest absolute Gasteiger partial charge is 0.353 e. The summed E-state index contributed by atoms with van der Waals surface area (Å²) in [6.45, 7) is 24.8. The van der Waals surface area contributed by atoms with Crippen LogP contribution in [0.25, 0.3) is 44.8 Å². The summed E-state index contributed by atoms with van der Waals surface area (Å²) in [6.07, 6.45) is 8.36. The maximum Gasteiger partial charge on any atom is 0.353 e. The van der Waals surface area contributed by atoms with Gasteiger partial charge in [-0.2, -0.15) is 0 Å². The van der Waals surface area contributed by atoms with Gasteiger partial charge in [0, 0.05) is 36.7 Å². The standard InChI is InChI=1S/C62H82N6O4/c1-13-65(14-2)46-30-26-45(27-31-46)60-64(12)52-21-17-19-23-54(52)68(60)58(62(70)72-57-37-42(9)25-35-49(57)40(6)7)50-38-55(50)66(15-3)47-32-28-44(29-33-47)59-63(11)51-20-16-18-22-53(51)67(59)43(10)61(69)71-56-36-41(8)24-34-48(56)39(4)5/h16-23,26-33,38-43,48-50,56-58H,13-15,24-25,34-37H2,1-12H3/q+2/t41-,42-,43-,48+,49+,50?,56-,57-,58-/m1/s1. The van der Waals surface area contributed by atoms with E-state index in [1.54, 1.807) is 0 Å². The van der Waals surface area contributed by atoms with Crippen LogP contribution in [0.4, 0.5) is 11.4 Å². The summed E-state index contributed by atoms with van der Waals surface area (Å²) in [6, 6.07) is 33.2. The van der Waals surface area contributed by atoms with Crippen LogP contribution in [0, 0.1) is 41.4 Å². The van der Waals surface area contributed by atoms with Crippen LogP contribution in [-0.4, -0.2) is 52.9 Å². The van der Waals surface area contributed by atoms with Gasteiger partial charge in [-0.15, -0.1) is 0 Å². The average Bonchev–Trinajstić information content (AvgIpc) is 4.00. The van der Waals surface area contributed by atoms with Gasteiger partial charge in [0.15, 0.2) is 28.1 Å². The molecule has 0 amide bonds. The van der Waals surface area contributed by atoms with Crippen LogP contribution in [0.15, 0.2) is 109 Å². The van der Waals surface area contributed by atoms with E-state index in [0.29, 0.717) is 42.1 Å². The van der Waals surface area contributed by atoms with Crippen LogP contribution in [0.5, 0.6) is 0 Å². The van der Waals surface area contributed by atoms with Gasteiger partial charge in [0.25, 0.3) is 11.6 Å². The van der Waals surface area contributed by atoms with E-state index < -0.39 is 12.1 Å². The van der Waals surface area contributed by atoms with Crippen LogP contribution in [0.1, 0.15) is 120 Å². The van der Waals surface area contributed by atoms with Crippen molar-refractivity contribution in [3.63, 3.8) is 0 Å². The zero-order valence-electron chi connectivity index (χ0n) is 45.3. The number of nitrogens with zero attached hydrogens (tertiary/aromatic N) is 6. The molecule has 1 unspecified atom stereocenters. The Balaban J connectivity index is 1.07. The molecule has 0 N–H and O–H groups in total. The van der Waals surface area contributed by atoms with E-state index in [0.717, 1.165) is 101 Å². The first-order chi connectivity index (χ1) is 34.6. The Morgan fingerprint density at radius 2 is 1.06 bits per heavy atom. The first kappa shape index (κ1) is 51.0. The highest BCUT2D eigenvalue weighted by atomic mass is 16.5. The Labute approximate surface area is 429 Å². The molecule has 9 rings (SSSR count). The summed E-state index contributed by atoms with van der Waals surface area (Å²) in [5, 5.41) is 0. The first-order valence-corrected chi connectivity index (χ1v) is 27.5. The number of hydrogen-bond acceptors (Lipinski definition) is 6. The van der Waals surface area contributed by atoms with Gasteiger partial charge in [0.2, 0.25) is 6.04 Å². The average molecular weight is 975 g/mol. The molecule has 3 aliphatic rings. The molecule has 0 bridgehead atoms. The van der Waals surface area contributed by atoms with Crippen molar-refractivity contribution in [2.24, 2.45) is 55.5 Å². The molecule has 9 atom stereocenters. The third kappa shape index (κ3) is 9.71. The number of aryl methyl sites for hydroxylation is 2. The maximum atomic E-state index is 15.5. The highest BCUT2D eigenvalue weighted by Crippen LogP contribution is 2.47. The van der Waals surface area contributed by atoms with Crippen LogP contribution in [-0.2, 0) is 33.2 Å². The molecular weight excluding hydrogens is 893 g/mol. The highest BCUT2D eigenvalue weighted by Gasteiger charge is 2.50. The predicted octanol–water partition coefficient (Wildman–Crippen LogP) is 12.6. The number of anilines is 2. The number of para-hydroxylation sites is 4. The number of rotatable bonds is 17. The normalized spacial score (nSPS) is 23.0. The Bertz CT molecular complexity index is 2910. The second-order valence-electron chi connectivity index (χ2n) is 22.3. The molecule has 10 heteroatoms. The minimum absolute atomic E-state index is 0.0771. The Morgan fingerprint density at radius 3 is 1.54 bits per heavy atom. The van der Waals surface area contributed by atoms with Gasteiger partial charge in [0.05, 0.1) is 31.1 Å². The van der Waals surface area contributed by atoms with Crippen LogP contribution in [0.2, 0.25) is 0 Å². The van der Waals surface area contributed by atoms with Gasteiger partial charge in [0.1, 0.15) is 12.2 Å². The number of carbonyl (C=O) groups is 2. The van der Waals surface area contributed by atoms with E-state index in [2.05, 4.69) is 202 Å². The molecule has 2 saturated carbocycles. The number of esters is 2. The lowest BCUT2D eigenvalue weighted by molar-refractivity contribution is -0.634. The number of aromatic nitrogens is 4. The Hall–Kier alpha value is -5.90. The first-order valence-electron chi connectivity index (χ1n) is 27.5. The number of carbonyl (C=O) groups excluding carboxylic acids is 2. The van der Waals surface area contributed by atoms with Crippen LogP contribution < -0.4 is 18.9 Å². The molecule has 0 spiro atoms. The van der Waals surface area contributed by atoms with Crippen molar-refractivity contribution in [3.05, 3.63) is 109 Å². The van der Waals surface area contributed by atoms with Crippen molar-refractivity contribution in [2.75, 3.05) is 29.4 Å². The lowest BCUT2D eigenvalue weighted by atomic mass is 9.75. The molecule has 382 valence electrons. The SMILES string of the molecule is CCN(CC)c1ccc(-c2n([C@@H](C(=O)O[C@@H]3C[C@H](C)CC[C@H]3C(C)C)C3C=C3N(CC)c3ccc(-c4n([C@H](C)C(=O)O[C@@H]5C[C@H](C)CC[C@H]5C(C)C)c5ccccc5[n+]4C)cc3)c3ccccc3[n+]2C)cc1. The summed E-state index contributed by atoms with van der Waals surface area (Å²) >= 11 is 0. The van der Waals surface area contributed by atoms with Crippen molar-refractivity contribution < 1.29 is 28.2 Å². The largest absolute Gasteiger partial charge is 0.459 e. The maximum absolute atomic E-state index is 15.5. The molecule has 2 aromatic heterocycles.